The highest BCUT2D eigenvalue weighted by Crippen LogP contribution is 2.12. The topological polar surface area (TPSA) is 116 Å². The maximum absolute atomic E-state index is 11.8. The molecule has 0 aliphatic carbocycles. The summed E-state index contributed by atoms with van der Waals surface area (Å²) in [4.78, 5) is 44.8. The molecule has 8 heteroatoms. The molecule has 0 aliphatic heterocycles. The number of esters is 1. The van der Waals surface area contributed by atoms with Crippen molar-refractivity contribution in [1.82, 2.24) is 5.32 Å². The zero-order valence-corrected chi connectivity index (χ0v) is 14.2. The molecule has 0 fully saturated rings. The number of benzene rings is 1. The van der Waals surface area contributed by atoms with Gasteiger partial charge >= 0.3 is 5.97 Å². The van der Waals surface area contributed by atoms with Gasteiger partial charge in [-0.2, -0.15) is 0 Å². The molecular formula is C17H22N2O6. The minimum absolute atomic E-state index is 0.129. The summed E-state index contributed by atoms with van der Waals surface area (Å²) in [5, 5.41) is 13.0. The number of Topliss-reactive ketones (excluding diaryl/α,β-unsaturated/α-hetero) is 1. The number of hydrogen-bond donors (Lipinski definition) is 1. The molecule has 1 amide bonds. The molecule has 1 rings (SSSR count). The molecule has 0 heterocycles. The van der Waals surface area contributed by atoms with Gasteiger partial charge in [-0.25, -0.2) is 0 Å². The number of nitrogens with one attached hydrogen (secondary N) is 1. The van der Waals surface area contributed by atoms with E-state index in [4.69, 9.17) is 4.74 Å². The average Bonchev–Trinajstić information content (AvgIpc) is 2.61. The maximum Gasteiger partial charge on any atom is 0.325 e. The first-order valence-electron chi connectivity index (χ1n) is 8.14. The van der Waals surface area contributed by atoms with E-state index >= 15 is 0 Å². The first-order chi connectivity index (χ1) is 11.9. The number of non-ortho nitro benzene ring substituents is 1. The lowest BCUT2D eigenvalue weighted by molar-refractivity contribution is -0.384. The Hall–Kier alpha value is -2.77. The zero-order chi connectivity index (χ0) is 18.7. The first-order valence-corrected chi connectivity index (χ1v) is 8.14. The number of nitro benzene ring substituents is 1. The fourth-order valence-corrected chi connectivity index (χ4v) is 2.02. The minimum atomic E-state index is -0.711. The van der Waals surface area contributed by atoms with Gasteiger partial charge in [-0.05, 0) is 18.6 Å². The van der Waals surface area contributed by atoms with Crippen LogP contribution in [0.15, 0.2) is 24.3 Å². The van der Waals surface area contributed by atoms with Crippen molar-refractivity contribution >= 4 is 23.3 Å². The molecule has 0 aromatic heterocycles. The van der Waals surface area contributed by atoms with Crippen molar-refractivity contribution in [3.63, 3.8) is 0 Å². The number of ether oxygens (including phenoxy) is 1. The van der Waals surface area contributed by atoms with Crippen LogP contribution in [0.5, 0.6) is 0 Å². The molecule has 1 aromatic carbocycles. The van der Waals surface area contributed by atoms with Crippen LogP contribution in [0, 0.1) is 10.1 Å². The molecule has 136 valence electrons. The van der Waals surface area contributed by atoms with Gasteiger partial charge in [0, 0.05) is 24.1 Å². The number of nitrogens with zero attached hydrogens (tertiary/aromatic N) is 1. The van der Waals surface area contributed by atoms with Gasteiger partial charge in [-0.1, -0.05) is 26.2 Å². The maximum atomic E-state index is 11.8. The highest BCUT2D eigenvalue weighted by molar-refractivity contribution is 5.98. The Kier molecular flexibility index (Phi) is 8.84. The Balaban J connectivity index is 2.27. The number of carbonyl (C=O) groups is 3. The van der Waals surface area contributed by atoms with E-state index in [2.05, 4.69) is 12.2 Å². The number of ketones is 1. The van der Waals surface area contributed by atoms with Gasteiger partial charge in [0.05, 0.1) is 4.92 Å². The third-order valence-corrected chi connectivity index (χ3v) is 3.45. The molecule has 0 aliphatic rings. The summed E-state index contributed by atoms with van der Waals surface area (Å²) in [6.07, 6.45) is 4.25. The first kappa shape index (κ1) is 20.3. The van der Waals surface area contributed by atoms with Crippen LogP contribution in [-0.4, -0.2) is 35.7 Å². The predicted octanol–water partition coefficient (Wildman–Crippen LogP) is 2.41. The molecule has 0 saturated carbocycles. The van der Waals surface area contributed by atoms with Crippen LogP contribution in [0.4, 0.5) is 5.69 Å². The Morgan fingerprint density at radius 3 is 2.40 bits per heavy atom. The van der Waals surface area contributed by atoms with Crippen molar-refractivity contribution in [2.75, 3.05) is 13.2 Å². The highest BCUT2D eigenvalue weighted by Gasteiger charge is 2.12. The van der Waals surface area contributed by atoms with E-state index in [1.165, 1.54) is 24.3 Å². The van der Waals surface area contributed by atoms with Crippen molar-refractivity contribution in [3.05, 3.63) is 39.9 Å². The molecule has 0 spiro atoms. The number of amides is 1. The number of rotatable bonds is 11. The predicted molar refractivity (Wildman–Crippen MR) is 90.2 cm³/mol. The molecule has 0 unspecified atom stereocenters. The van der Waals surface area contributed by atoms with Crippen LogP contribution >= 0.6 is 0 Å². The molecule has 0 saturated heterocycles. The fraction of sp³-hybridized carbons (Fsp3) is 0.471. The molecule has 8 nitrogen and oxygen atoms in total. The summed E-state index contributed by atoms with van der Waals surface area (Å²) in [7, 11) is 0. The second-order valence-electron chi connectivity index (χ2n) is 5.48. The second kappa shape index (κ2) is 10.9. The van der Waals surface area contributed by atoms with Crippen molar-refractivity contribution in [2.45, 2.75) is 39.0 Å². The summed E-state index contributed by atoms with van der Waals surface area (Å²) in [6, 6.07) is 5.00. The summed E-state index contributed by atoms with van der Waals surface area (Å²) < 4.78 is 4.79. The number of unbranched alkanes of at least 4 members (excludes halogenated alkanes) is 3. The Morgan fingerprint density at radius 1 is 1.12 bits per heavy atom. The van der Waals surface area contributed by atoms with Crippen LogP contribution < -0.4 is 5.32 Å². The Labute approximate surface area is 145 Å². The summed E-state index contributed by atoms with van der Waals surface area (Å²) in [5.74, 6) is -1.42. The molecule has 0 atom stereocenters. The Morgan fingerprint density at radius 2 is 1.80 bits per heavy atom. The van der Waals surface area contributed by atoms with E-state index in [0.717, 1.165) is 25.7 Å². The van der Waals surface area contributed by atoms with E-state index in [0.29, 0.717) is 6.42 Å². The van der Waals surface area contributed by atoms with Gasteiger partial charge in [-0.3, -0.25) is 24.5 Å². The van der Waals surface area contributed by atoms with Gasteiger partial charge in [0.2, 0.25) is 5.91 Å². The molecular weight excluding hydrogens is 328 g/mol. The average molecular weight is 350 g/mol. The van der Waals surface area contributed by atoms with Crippen LogP contribution in [0.2, 0.25) is 0 Å². The lowest BCUT2D eigenvalue weighted by Gasteiger charge is -2.06. The second-order valence-corrected chi connectivity index (χ2v) is 5.48. The Bertz CT molecular complexity index is 612. The van der Waals surface area contributed by atoms with E-state index in [1.807, 2.05) is 0 Å². The van der Waals surface area contributed by atoms with Gasteiger partial charge in [0.25, 0.3) is 5.69 Å². The van der Waals surface area contributed by atoms with Gasteiger partial charge in [0.1, 0.15) is 6.54 Å². The number of hydrogen-bond acceptors (Lipinski definition) is 6. The standard InChI is InChI=1S/C17H22N2O6/c1-2-3-4-5-6-16(21)18-11-17(22)25-12-15(20)13-7-9-14(10-8-13)19(23)24/h7-10H,2-6,11-12H2,1H3,(H,18,21). The summed E-state index contributed by atoms with van der Waals surface area (Å²) >= 11 is 0. The molecule has 1 N–H and O–H groups in total. The lowest BCUT2D eigenvalue weighted by Crippen LogP contribution is -2.31. The quantitative estimate of drug-likeness (QED) is 0.215. The molecule has 0 bridgehead atoms. The van der Waals surface area contributed by atoms with Gasteiger partial charge in [-0.15, -0.1) is 0 Å². The number of carbonyl (C=O) groups excluding carboxylic acids is 3. The van der Waals surface area contributed by atoms with Crippen molar-refractivity contribution < 1.29 is 24.0 Å². The van der Waals surface area contributed by atoms with Crippen LogP contribution in [0.3, 0.4) is 0 Å². The van der Waals surface area contributed by atoms with E-state index in [9.17, 15) is 24.5 Å². The smallest absolute Gasteiger partial charge is 0.325 e. The molecule has 25 heavy (non-hydrogen) atoms. The van der Waals surface area contributed by atoms with Crippen molar-refractivity contribution in [2.24, 2.45) is 0 Å². The molecule has 1 aromatic rings. The molecule has 0 radical (unpaired) electrons. The largest absolute Gasteiger partial charge is 0.456 e. The minimum Gasteiger partial charge on any atom is -0.456 e. The van der Waals surface area contributed by atoms with Gasteiger partial charge < -0.3 is 10.1 Å². The lowest BCUT2D eigenvalue weighted by atomic mass is 10.1. The van der Waals surface area contributed by atoms with Crippen LogP contribution in [0.25, 0.3) is 0 Å². The van der Waals surface area contributed by atoms with E-state index < -0.39 is 23.3 Å². The normalized spacial score (nSPS) is 10.1. The SMILES string of the molecule is CCCCCCC(=O)NCC(=O)OCC(=O)c1ccc([N+](=O)[O-])cc1. The third-order valence-electron chi connectivity index (χ3n) is 3.45. The van der Waals surface area contributed by atoms with E-state index in [1.54, 1.807) is 0 Å². The summed E-state index contributed by atoms with van der Waals surface area (Å²) in [6.45, 7) is 1.30. The van der Waals surface area contributed by atoms with Gasteiger partial charge in [0.15, 0.2) is 12.4 Å². The monoisotopic (exact) mass is 350 g/mol. The zero-order valence-electron chi connectivity index (χ0n) is 14.2. The van der Waals surface area contributed by atoms with Crippen molar-refractivity contribution in [3.8, 4) is 0 Å². The van der Waals surface area contributed by atoms with Crippen molar-refractivity contribution in [1.29, 1.82) is 0 Å². The third kappa shape index (κ3) is 8.05. The highest BCUT2D eigenvalue weighted by atomic mass is 16.6. The summed E-state index contributed by atoms with van der Waals surface area (Å²) in [5.41, 5.74) is 0.0774. The number of nitro groups is 1. The van der Waals surface area contributed by atoms with Crippen LogP contribution in [0.1, 0.15) is 49.4 Å². The fourth-order valence-electron chi connectivity index (χ4n) is 2.02. The van der Waals surface area contributed by atoms with E-state index in [-0.39, 0.29) is 23.7 Å². The van der Waals surface area contributed by atoms with Crippen LogP contribution in [-0.2, 0) is 14.3 Å².